The summed E-state index contributed by atoms with van der Waals surface area (Å²) in [6.07, 6.45) is 1.47. The van der Waals surface area contributed by atoms with Crippen molar-refractivity contribution in [1.29, 1.82) is 0 Å². The van der Waals surface area contributed by atoms with Crippen LogP contribution in [-0.2, 0) is 13.6 Å². The lowest BCUT2D eigenvalue weighted by Crippen LogP contribution is -2.44. The van der Waals surface area contributed by atoms with Gasteiger partial charge in [-0.1, -0.05) is 14.9 Å². The Hall–Kier alpha value is -2.63. The molecule has 0 amide bonds. The number of carbonyl (C=O) groups is 2. The van der Waals surface area contributed by atoms with E-state index < -0.39 is 28.6 Å². The fourth-order valence-corrected chi connectivity index (χ4v) is 12.3. The van der Waals surface area contributed by atoms with E-state index in [1.54, 1.807) is 0 Å². The minimum Gasteiger partial charge on any atom is -0.508 e. The summed E-state index contributed by atoms with van der Waals surface area (Å²) in [5.74, 6) is -0.573. The molecule has 0 aliphatic rings. The molecule has 2 aromatic carbocycles. The van der Waals surface area contributed by atoms with Crippen LogP contribution < -0.4 is 0 Å². The fraction of sp³-hybridized carbons (Fsp3) is 0.462. The molecule has 0 radical (unpaired) electrons. The maximum absolute atomic E-state index is 12.0. The number of hydrogen-bond acceptors (Lipinski definition) is 7. The maximum Gasteiger partial charge on any atom is 0.338 e. The van der Waals surface area contributed by atoms with Gasteiger partial charge in [0.1, 0.15) is 11.5 Å². The summed E-state index contributed by atoms with van der Waals surface area (Å²) in [4.78, 5) is 24.1. The normalized spacial score (nSPS) is 11.1. The van der Waals surface area contributed by atoms with Crippen molar-refractivity contribution in [3.05, 3.63) is 59.7 Å². The van der Waals surface area contributed by atoms with Gasteiger partial charge in [-0.2, -0.15) is 0 Å². The molecular formula is C26H42O7Si2. The van der Waals surface area contributed by atoms with Gasteiger partial charge in [0.15, 0.2) is 16.6 Å². The summed E-state index contributed by atoms with van der Waals surface area (Å²) < 4.78 is 17.2. The monoisotopic (exact) mass is 522 g/mol. The Morgan fingerprint density at radius 3 is 1.29 bits per heavy atom. The molecular weight excluding hydrogens is 480 g/mol. The molecule has 0 atom stereocenters. The lowest BCUT2D eigenvalue weighted by atomic mass is 10.2. The fourth-order valence-electron chi connectivity index (χ4n) is 3.54. The summed E-state index contributed by atoms with van der Waals surface area (Å²) in [6.45, 7) is 9.36. The van der Waals surface area contributed by atoms with Crippen molar-refractivity contribution in [2.75, 3.05) is 13.2 Å². The molecule has 9 heteroatoms. The van der Waals surface area contributed by atoms with Crippen LogP contribution in [0.4, 0.5) is 0 Å². The highest BCUT2D eigenvalue weighted by Gasteiger charge is 2.32. The van der Waals surface area contributed by atoms with Crippen LogP contribution in [0.15, 0.2) is 48.5 Å². The predicted molar refractivity (Wildman–Crippen MR) is 145 cm³/mol. The first-order valence-corrected chi connectivity index (χ1v) is 17.3. The van der Waals surface area contributed by atoms with E-state index in [2.05, 4.69) is 26.2 Å². The molecule has 0 unspecified atom stereocenters. The van der Waals surface area contributed by atoms with Crippen LogP contribution in [0.25, 0.3) is 0 Å². The molecule has 0 bridgehead atoms. The van der Waals surface area contributed by atoms with E-state index in [1.165, 1.54) is 48.5 Å². The minimum absolute atomic E-state index is 0. The third-order valence-electron chi connectivity index (χ3n) is 5.07. The highest BCUT2D eigenvalue weighted by molar-refractivity contribution is 6.84. The summed E-state index contributed by atoms with van der Waals surface area (Å²) >= 11 is 0. The Morgan fingerprint density at radius 1 is 0.657 bits per heavy atom. The number of carbonyl (C=O) groups excluding carboxylic acids is 2. The standard InChI is InChI=1S/C24H34O7Si2.2CH4/c1-32(2,17-5-15-29-23(27)19-7-11-21(25)12-8-19)31-33(3,4)18-6-16-30-24(28)20-9-13-22(26)14-10-20;;/h7-14,25-26H,5-6,15-18H2,1-4H3;2*1H4. The quantitative estimate of drug-likeness (QED) is 0.184. The summed E-state index contributed by atoms with van der Waals surface area (Å²) in [6, 6.07) is 13.7. The largest absolute Gasteiger partial charge is 0.508 e. The molecule has 0 fully saturated rings. The van der Waals surface area contributed by atoms with Crippen molar-refractivity contribution in [2.45, 2.75) is 66.0 Å². The molecule has 0 aliphatic carbocycles. The first-order valence-electron chi connectivity index (χ1n) is 11.1. The number of benzene rings is 2. The van der Waals surface area contributed by atoms with Gasteiger partial charge in [-0.15, -0.1) is 0 Å². The van der Waals surface area contributed by atoms with Crippen molar-refractivity contribution in [3.8, 4) is 11.5 Å². The van der Waals surface area contributed by atoms with Gasteiger partial charge in [0.25, 0.3) is 0 Å². The number of rotatable bonds is 12. The van der Waals surface area contributed by atoms with Gasteiger partial charge >= 0.3 is 11.9 Å². The Labute approximate surface area is 212 Å². The SMILES string of the molecule is C.C.C[Si](C)(CCCOC(=O)c1ccc(O)cc1)O[Si](C)(C)CCCOC(=O)c1ccc(O)cc1. The van der Waals surface area contributed by atoms with Crippen LogP contribution >= 0.6 is 0 Å². The van der Waals surface area contributed by atoms with Crippen LogP contribution in [-0.4, -0.2) is 52.0 Å². The van der Waals surface area contributed by atoms with Crippen molar-refractivity contribution in [2.24, 2.45) is 0 Å². The minimum atomic E-state index is -1.93. The van der Waals surface area contributed by atoms with E-state index >= 15 is 0 Å². The van der Waals surface area contributed by atoms with Crippen molar-refractivity contribution >= 4 is 28.6 Å². The zero-order valence-corrected chi connectivity index (χ0v) is 21.8. The third kappa shape index (κ3) is 12.1. The van der Waals surface area contributed by atoms with Gasteiger partial charge in [0, 0.05) is 0 Å². The molecule has 196 valence electrons. The summed E-state index contributed by atoms with van der Waals surface area (Å²) in [5.41, 5.74) is 0.834. The number of phenolic OH excluding ortho intramolecular Hbond substituents is 2. The summed E-state index contributed by atoms with van der Waals surface area (Å²) in [5, 5.41) is 18.6. The number of ether oxygens (including phenoxy) is 2. The van der Waals surface area contributed by atoms with Gasteiger partial charge < -0.3 is 23.8 Å². The van der Waals surface area contributed by atoms with Crippen LogP contribution in [0.1, 0.15) is 48.4 Å². The topological polar surface area (TPSA) is 102 Å². The third-order valence-corrected chi connectivity index (χ3v) is 12.6. The first-order chi connectivity index (χ1) is 15.5. The maximum atomic E-state index is 12.0. The lowest BCUT2D eigenvalue weighted by molar-refractivity contribution is 0.0496. The van der Waals surface area contributed by atoms with Crippen LogP contribution in [0.3, 0.4) is 0 Å². The van der Waals surface area contributed by atoms with E-state index in [1.807, 2.05) is 0 Å². The molecule has 0 heterocycles. The summed E-state index contributed by atoms with van der Waals surface area (Å²) in [7, 11) is -3.86. The Balaban J connectivity index is 0.00000578. The molecule has 2 aromatic rings. The van der Waals surface area contributed by atoms with Crippen molar-refractivity contribution < 1.29 is 33.4 Å². The second-order valence-corrected chi connectivity index (χ2v) is 18.0. The number of hydrogen-bond donors (Lipinski definition) is 2. The zero-order valence-electron chi connectivity index (χ0n) is 19.8. The lowest BCUT2D eigenvalue weighted by Gasteiger charge is -2.34. The van der Waals surface area contributed by atoms with Crippen molar-refractivity contribution in [1.82, 2.24) is 0 Å². The predicted octanol–water partition coefficient (Wildman–Crippen LogP) is 6.59. The number of phenols is 2. The van der Waals surface area contributed by atoms with E-state index in [0.717, 1.165) is 24.9 Å². The van der Waals surface area contributed by atoms with Crippen LogP contribution in [0, 0.1) is 0 Å². The van der Waals surface area contributed by atoms with Crippen LogP contribution in [0.5, 0.6) is 11.5 Å². The molecule has 0 aromatic heterocycles. The highest BCUT2D eigenvalue weighted by atomic mass is 28.4. The van der Waals surface area contributed by atoms with Gasteiger partial charge in [-0.3, -0.25) is 0 Å². The Morgan fingerprint density at radius 2 is 0.971 bits per heavy atom. The average Bonchev–Trinajstić information content (AvgIpc) is 2.74. The van der Waals surface area contributed by atoms with Gasteiger partial charge in [0.05, 0.1) is 24.3 Å². The second kappa shape index (κ2) is 14.7. The van der Waals surface area contributed by atoms with Gasteiger partial charge in [-0.25, -0.2) is 9.59 Å². The molecule has 35 heavy (non-hydrogen) atoms. The molecule has 0 saturated carbocycles. The molecule has 0 aliphatic heterocycles. The Bertz CT molecular complexity index is 835. The van der Waals surface area contributed by atoms with E-state index in [9.17, 15) is 19.8 Å². The highest BCUT2D eigenvalue weighted by Crippen LogP contribution is 2.24. The second-order valence-electron chi connectivity index (χ2n) is 9.19. The van der Waals surface area contributed by atoms with E-state index in [0.29, 0.717) is 24.3 Å². The van der Waals surface area contributed by atoms with Gasteiger partial charge in [-0.05, 0) is 99.6 Å². The number of esters is 2. The van der Waals surface area contributed by atoms with E-state index in [4.69, 9.17) is 13.6 Å². The molecule has 7 nitrogen and oxygen atoms in total. The smallest absolute Gasteiger partial charge is 0.338 e. The average molecular weight is 523 g/mol. The van der Waals surface area contributed by atoms with Crippen molar-refractivity contribution in [3.63, 3.8) is 0 Å². The molecule has 2 N–H and O–H groups in total. The molecule has 0 saturated heterocycles. The molecule has 0 spiro atoms. The van der Waals surface area contributed by atoms with Gasteiger partial charge in [0.2, 0.25) is 0 Å². The van der Waals surface area contributed by atoms with Crippen LogP contribution in [0.2, 0.25) is 38.3 Å². The number of aromatic hydroxyl groups is 2. The Kier molecular flexibility index (Phi) is 13.6. The first kappa shape index (κ1) is 32.4. The van der Waals surface area contributed by atoms with E-state index in [-0.39, 0.29) is 26.4 Å². The molecule has 2 rings (SSSR count). The zero-order chi connectivity index (χ0) is 24.5.